The van der Waals surface area contributed by atoms with Crippen LogP contribution in [0.15, 0.2) is 24.4 Å². The van der Waals surface area contributed by atoms with E-state index >= 15 is 0 Å². The van der Waals surface area contributed by atoms with Gasteiger partial charge in [-0.05, 0) is 50.5 Å². The number of carbonyl (C=O) groups excluding carboxylic acids is 2. The first kappa shape index (κ1) is 19.6. The maximum atomic E-state index is 12.1. The van der Waals surface area contributed by atoms with Crippen molar-refractivity contribution in [3.05, 3.63) is 35.5 Å². The number of nitrogens with one attached hydrogen (secondary N) is 2. The summed E-state index contributed by atoms with van der Waals surface area (Å²) < 4.78 is 5.20. The Labute approximate surface area is 153 Å². The maximum absolute atomic E-state index is 12.1. The zero-order chi connectivity index (χ0) is 19.4. The van der Waals surface area contributed by atoms with Crippen molar-refractivity contribution in [2.24, 2.45) is 11.6 Å². The molecule has 142 valence electrons. The molecule has 0 bridgehead atoms. The quantitative estimate of drug-likeness (QED) is 0.478. The number of amides is 2. The van der Waals surface area contributed by atoms with Crippen molar-refractivity contribution in [1.29, 1.82) is 0 Å². The molecule has 0 aromatic heterocycles. The lowest BCUT2D eigenvalue weighted by Gasteiger charge is -2.39. The fourth-order valence-corrected chi connectivity index (χ4v) is 3.22. The van der Waals surface area contributed by atoms with Crippen LogP contribution in [0, 0.1) is 0 Å². The molecule has 1 aromatic carbocycles. The molecular formula is C18H27N5O3. The van der Waals surface area contributed by atoms with Gasteiger partial charge in [0.1, 0.15) is 0 Å². The van der Waals surface area contributed by atoms with E-state index in [4.69, 9.17) is 16.3 Å². The van der Waals surface area contributed by atoms with Crippen molar-refractivity contribution in [1.82, 2.24) is 10.7 Å². The van der Waals surface area contributed by atoms with Gasteiger partial charge >= 0.3 is 6.09 Å². The molecule has 8 nitrogen and oxygen atoms in total. The first-order valence-electron chi connectivity index (χ1n) is 8.57. The van der Waals surface area contributed by atoms with E-state index in [1.165, 1.54) is 13.1 Å². The number of rotatable bonds is 4. The molecule has 1 aliphatic heterocycles. The molecular weight excluding hydrogens is 334 g/mol. The molecule has 0 spiro atoms. The summed E-state index contributed by atoms with van der Waals surface area (Å²) in [5, 5.41) is 2.89. The van der Waals surface area contributed by atoms with Crippen LogP contribution in [0.3, 0.4) is 0 Å². The average Bonchev–Trinajstić information content (AvgIpc) is 2.53. The number of hydrogen-bond acceptors (Lipinski definition) is 6. The Morgan fingerprint density at radius 1 is 1.38 bits per heavy atom. The number of alkyl carbamates (subject to hydrolysis) is 1. The second kappa shape index (κ2) is 8.09. The van der Waals surface area contributed by atoms with Crippen molar-refractivity contribution in [3.8, 4) is 0 Å². The number of anilines is 1. The molecule has 0 fully saturated rings. The molecule has 0 aliphatic carbocycles. The van der Waals surface area contributed by atoms with Gasteiger partial charge in [-0.3, -0.25) is 10.6 Å². The molecule has 1 aromatic rings. The number of nitrogens with zero attached hydrogens (tertiary/aromatic N) is 1. The van der Waals surface area contributed by atoms with Crippen molar-refractivity contribution < 1.29 is 14.3 Å². The molecule has 0 saturated heterocycles. The number of benzene rings is 1. The third-order valence-electron chi connectivity index (χ3n) is 4.23. The molecule has 0 unspecified atom stereocenters. The van der Waals surface area contributed by atoms with E-state index in [1.54, 1.807) is 18.7 Å². The van der Waals surface area contributed by atoms with Crippen LogP contribution in [-0.2, 0) is 9.53 Å². The van der Waals surface area contributed by atoms with Crippen LogP contribution in [0.1, 0.15) is 51.3 Å². The summed E-state index contributed by atoms with van der Waals surface area (Å²) in [6, 6.07) is 5.16. The molecule has 8 heteroatoms. The van der Waals surface area contributed by atoms with Gasteiger partial charge in [-0.25, -0.2) is 4.79 Å². The Kier molecular flexibility index (Phi) is 6.10. The number of carbonyl (C=O) groups is 2. The second-order valence-corrected chi connectivity index (χ2v) is 6.66. The minimum Gasteiger partial charge on any atom is -0.447 e. The lowest BCUT2D eigenvalue weighted by atomic mass is 9.90. The Bertz CT molecular complexity index is 717. The monoisotopic (exact) mass is 361 g/mol. The molecule has 0 saturated carbocycles. The number of nitrogens with two attached hydrogens (primary N) is 2. The van der Waals surface area contributed by atoms with Crippen molar-refractivity contribution in [2.75, 3.05) is 4.90 Å². The normalized spacial score (nSPS) is 19.8. The van der Waals surface area contributed by atoms with E-state index in [9.17, 15) is 9.59 Å². The minimum atomic E-state index is -0.489. The highest BCUT2D eigenvalue weighted by molar-refractivity contribution is 5.94. The summed E-state index contributed by atoms with van der Waals surface area (Å²) >= 11 is 0. The Balaban J connectivity index is 2.45. The van der Waals surface area contributed by atoms with Gasteiger partial charge in [-0.15, -0.1) is 0 Å². The Hall–Kier alpha value is -2.74. The van der Waals surface area contributed by atoms with Crippen LogP contribution in [0.5, 0.6) is 0 Å². The van der Waals surface area contributed by atoms with Crippen molar-refractivity contribution >= 4 is 23.4 Å². The predicted octanol–water partition coefficient (Wildman–Crippen LogP) is 1.73. The molecule has 6 N–H and O–H groups in total. The van der Waals surface area contributed by atoms with E-state index in [1.807, 2.05) is 25.1 Å². The smallest absolute Gasteiger partial charge is 0.407 e. The largest absolute Gasteiger partial charge is 0.447 e. The van der Waals surface area contributed by atoms with Crippen LogP contribution >= 0.6 is 0 Å². The summed E-state index contributed by atoms with van der Waals surface area (Å²) in [5.41, 5.74) is 11.2. The molecule has 1 aliphatic rings. The number of hydrazine groups is 1. The van der Waals surface area contributed by atoms with E-state index in [0.717, 1.165) is 16.8 Å². The number of hydrogen-bond donors (Lipinski definition) is 4. The summed E-state index contributed by atoms with van der Waals surface area (Å²) in [7, 11) is 0. The van der Waals surface area contributed by atoms with Crippen molar-refractivity contribution in [2.45, 2.75) is 52.3 Å². The summed E-state index contributed by atoms with van der Waals surface area (Å²) in [4.78, 5) is 25.9. The van der Waals surface area contributed by atoms with Gasteiger partial charge < -0.3 is 26.1 Å². The van der Waals surface area contributed by atoms with E-state index in [0.29, 0.717) is 12.1 Å². The number of fused-ring (bicyclic) bond motifs is 1. The van der Waals surface area contributed by atoms with Gasteiger partial charge in [-0.1, -0.05) is 6.07 Å². The fraction of sp³-hybridized carbons (Fsp3) is 0.444. The van der Waals surface area contributed by atoms with Crippen LogP contribution < -0.4 is 27.2 Å². The van der Waals surface area contributed by atoms with Crippen LogP contribution in [0.4, 0.5) is 10.5 Å². The molecule has 2 atom stereocenters. The van der Waals surface area contributed by atoms with Crippen molar-refractivity contribution in [3.63, 3.8) is 0 Å². The summed E-state index contributed by atoms with van der Waals surface area (Å²) in [6.07, 6.45) is 1.34. The summed E-state index contributed by atoms with van der Waals surface area (Å²) in [6.45, 7) is 7.06. The predicted molar refractivity (Wildman–Crippen MR) is 101 cm³/mol. The van der Waals surface area contributed by atoms with Gasteiger partial charge in [0.2, 0.25) is 5.91 Å². The fourth-order valence-electron chi connectivity index (χ4n) is 3.22. The van der Waals surface area contributed by atoms with E-state index in [-0.39, 0.29) is 24.1 Å². The third-order valence-corrected chi connectivity index (χ3v) is 4.23. The molecule has 1 heterocycles. The van der Waals surface area contributed by atoms with Gasteiger partial charge in [-0.2, -0.15) is 0 Å². The lowest BCUT2D eigenvalue weighted by Crippen LogP contribution is -2.45. The Morgan fingerprint density at radius 2 is 2.08 bits per heavy atom. The van der Waals surface area contributed by atoms with Gasteiger partial charge in [0.15, 0.2) is 0 Å². The molecule has 2 rings (SSSR count). The highest BCUT2D eigenvalue weighted by atomic mass is 16.6. The minimum absolute atomic E-state index is 0.0538. The zero-order valence-corrected chi connectivity index (χ0v) is 15.6. The first-order chi connectivity index (χ1) is 12.2. The Morgan fingerprint density at radius 3 is 2.65 bits per heavy atom. The topological polar surface area (TPSA) is 123 Å². The van der Waals surface area contributed by atoms with E-state index in [2.05, 4.69) is 10.7 Å². The lowest BCUT2D eigenvalue weighted by molar-refractivity contribution is -0.117. The standard InChI is InChI=1S/C18H27N5O3/c1-10(2)26-18(25)22-16-7-11(3)23(12(4)24)17-6-5-13(8-14(16)17)15(19)9-21-20/h5-6,8-11,16,21H,7,19-20H2,1-4H3,(H,22,25)/b15-9-/t11-,16+/m0/s1. The van der Waals surface area contributed by atoms with Gasteiger partial charge in [0.25, 0.3) is 0 Å². The van der Waals surface area contributed by atoms with Gasteiger partial charge in [0.05, 0.1) is 17.8 Å². The highest BCUT2D eigenvalue weighted by Crippen LogP contribution is 2.38. The van der Waals surface area contributed by atoms with E-state index < -0.39 is 6.09 Å². The van der Waals surface area contributed by atoms with Gasteiger partial charge in [0, 0.05) is 24.9 Å². The first-order valence-corrected chi connectivity index (χ1v) is 8.57. The average molecular weight is 361 g/mol. The molecule has 2 amide bonds. The SMILES string of the molecule is CC(=O)N1c2ccc(/C(N)=C/NN)cc2[C@H](NC(=O)OC(C)C)C[C@@H]1C. The molecule has 0 radical (unpaired) electrons. The zero-order valence-electron chi connectivity index (χ0n) is 15.6. The maximum Gasteiger partial charge on any atom is 0.407 e. The summed E-state index contributed by atoms with van der Waals surface area (Å²) in [5.74, 6) is 5.24. The highest BCUT2D eigenvalue weighted by Gasteiger charge is 2.33. The van der Waals surface area contributed by atoms with Crippen LogP contribution in [-0.4, -0.2) is 24.1 Å². The van der Waals surface area contributed by atoms with Crippen LogP contribution in [0.25, 0.3) is 5.70 Å². The van der Waals surface area contributed by atoms with Crippen LogP contribution in [0.2, 0.25) is 0 Å². The molecule has 26 heavy (non-hydrogen) atoms. The number of ether oxygens (including phenoxy) is 1. The second-order valence-electron chi connectivity index (χ2n) is 6.66. The third kappa shape index (κ3) is 4.26.